The quantitative estimate of drug-likeness (QED) is 0.403. The highest BCUT2D eigenvalue weighted by molar-refractivity contribution is 7.09. The zero-order chi connectivity index (χ0) is 21.7. The van der Waals surface area contributed by atoms with E-state index in [-0.39, 0.29) is 11.6 Å². The van der Waals surface area contributed by atoms with Crippen LogP contribution in [0.4, 0.5) is 0 Å². The van der Waals surface area contributed by atoms with Crippen molar-refractivity contribution in [2.24, 2.45) is 0 Å². The van der Waals surface area contributed by atoms with Crippen molar-refractivity contribution in [3.63, 3.8) is 0 Å². The van der Waals surface area contributed by atoms with E-state index in [1.165, 1.54) is 10.4 Å². The highest BCUT2D eigenvalue weighted by atomic mass is 32.1. The first kappa shape index (κ1) is 21.3. The molecule has 160 valence electrons. The van der Waals surface area contributed by atoms with Crippen LogP contribution >= 0.6 is 11.3 Å². The second-order valence-electron chi connectivity index (χ2n) is 8.59. The monoisotopic (exact) mass is 432 g/mol. The van der Waals surface area contributed by atoms with Crippen molar-refractivity contribution in [1.29, 1.82) is 0 Å². The van der Waals surface area contributed by atoms with Crippen molar-refractivity contribution < 1.29 is 0 Å². The maximum absolute atomic E-state index is 4.50. The average Bonchev–Trinajstić information content (AvgIpc) is 3.46. The second-order valence-corrected chi connectivity index (χ2v) is 9.63. The molecule has 3 aromatic heterocycles. The Morgan fingerprint density at radius 1 is 1.03 bits per heavy atom. The van der Waals surface area contributed by atoms with Crippen LogP contribution in [0, 0.1) is 0 Å². The number of benzene rings is 1. The highest BCUT2D eigenvalue weighted by Crippen LogP contribution is 2.31. The van der Waals surface area contributed by atoms with Gasteiger partial charge in [0.15, 0.2) is 5.82 Å². The maximum atomic E-state index is 4.50. The molecule has 0 aliphatic carbocycles. The molecule has 0 fully saturated rings. The number of hydrogen-bond donors (Lipinski definition) is 0. The number of hydrogen-bond acceptors (Lipinski definition) is 6. The van der Waals surface area contributed by atoms with Gasteiger partial charge in [-0.1, -0.05) is 42.5 Å². The molecule has 0 unspecified atom stereocenters. The molecule has 3 heterocycles. The van der Waals surface area contributed by atoms with E-state index in [0.29, 0.717) is 0 Å². The Kier molecular flexibility index (Phi) is 6.53. The van der Waals surface area contributed by atoms with Crippen LogP contribution in [0.15, 0.2) is 72.4 Å². The fourth-order valence-corrected chi connectivity index (χ4v) is 4.45. The van der Waals surface area contributed by atoms with E-state index in [1.807, 2.05) is 16.9 Å². The van der Waals surface area contributed by atoms with E-state index < -0.39 is 0 Å². The van der Waals surface area contributed by atoms with Crippen LogP contribution in [0.3, 0.4) is 0 Å². The van der Waals surface area contributed by atoms with Crippen molar-refractivity contribution in [2.45, 2.75) is 45.3 Å². The number of nitrogens with zero attached hydrogens (tertiary/aromatic N) is 6. The van der Waals surface area contributed by atoms with E-state index >= 15 is 0 Å². The number of rotatable bonds is 8. The molecule has 0 N–H and O–H groups in total. The van der Waals surface area contributed by atoms with E-state index in [0.717, 1.165) is 30.9 Å². The van der Waals surface area contributed by atoms with Crippen LogP contribution in [0.1, 0.15) is 48.6 Å². The Hall–Kier alpha value is -2.90. The molecule has 0 amide bonds. The van der Waals surface area contributed by atoms with Gasteiger partial charge in [-0.15, -0.1) is 16.4 Å². The van der Waals surface area contributed by atoms with Crippen LogP contribution in [0.25, 0.3) is 0 Å². The molecule has 0 saturated carbocycles. The Bertz CT molecular complexity index is 1050. The Morgan fingerprint density at radius 3 is 2.55 bits per heavy atom. The van der Waals surface area contributed by atoms with E-state index in [9.17, 15) is 0 Å². The number of pyridine rings is 1. The van der Waals surface area contributed by atoms with Gasteiger partial charge in [0.05, 0.1) is 11.6 Å². The third-order valence-electron chi connectivity index (χ3n) is 5.21. The summed E-state index contributed by atoms with van der Waals surface area (Å²) in [5.41, 5.74) is 2.18. The van der Waals surface area contributed by atoms with Crippen molar-refractivity contribution in [3.05, 3.63) is 94.2 Å². The third-order valence-corrected chi connectivity index (χ3v) is 6.07. The van der Waals surface area contributed by atoms with Crippen LogP contribution in [0.5, 0.6) is 0 Å². The van der Waals surface area contributed by atoms with Gasteiger partial charge in [0.25, 0.3) is 0 Å². The largest absolute Gasteiger partial charge is 0.284 e. The number of tetrazole rings is 1. The average molecular weight is 433 g/mol. The standard InChI is InChI=1S/C24H28N6S/c1-24(2,3)30-23(26-27-28-30)22(20-11-7-14-25-17-20)29(18-21-12-8-16-31-21)15-13-19-9-5-4-6-10-19/h4-12,14,16-17,22H,13,15,18H2,1-3H3/t22-/m1/s1. The molecule has 4 rings (SSSR count). The van der Waals surface area contributed by atoms with Gasteiger partial charge in [0.1, 0.15) is 0 Å². The smallest absolute Gasteiger partial charge is 0.173 e. The van der Waals surface area contributed by atoms with Crippen LogP contribution in [-0.4, -0.2) is 36.6 Å². The lowest BCUT2D eigenvalue weighted by Crippen LogP contribution is -2.36. The SMILES string of the molecule is CC(C)(C)n1nnnc1[C@@H](c1cccnc1)N(CCc1ccccc1)Cc1cccs1. The summed E-state index contributed by atoms with van der Waals surface area (Å²) in [4.78, 5) is 8.18. The van der Waals surface area contributed by atoms with Gasteiger partial charge >= 0.3 is 0 Å². The predicted molar refractivity (Wildman–Crippen MR) is 124 cm³/mol. The van der Waals surface area contributed by atoms with Crippen molar-refractivity contribution >= 4 is 11.3 Å². The molecule has 7 heteroatoms. The van der Waals surface area contributed by atoms with Gasteiger partial charge in [-0.2, -0.15) is 0 Å². The van der Waals surface area contributed by atoms with Crippen molar-refractivity contribution in [1.82, 2.24) is 30.1 Å². The zero-order valence-electron chi connectivity index (χ0n) is 18.2. The number of thiophene rings is 1. The molecule has 1 aromatic carbocycles. The Labute approximate surface area is 187 Å². The minimum Gasteiger partial charge on any atom is -0.284 e. The molecule has 0 radical (unpaired) electrons. The molecule has 0 spiro atoms. The van der Waals surface area contributed by atoms with Crippen LogP contribution in [0.2, 0.25) is 0 Å². The lowest BCUT2D eigenvalue weighted by molar-refractivity contribution is 0.197. The molecule has 0 aliphatic heterocycles. The zero-order valence-corrected chi connectivity index (χ0v) is 19.0. The molecule has 0 aliphatic rings. The molecule has 0 saturated heterocycles. The highest BCUT2D eigenvalue weighted by Gasteiger charge is 2.31. The maximum Gasteiger partial charge on any atom is 0.173 e. The molecule has 31 heavy (non-hydrogen) atoms. The molecule has 0 bridgehead atoms. The van der Waals surface area contributed by atoms with Gasteiger partial charge in [-0.25, -0.2) is 4.68 Å². The van der Waals surface area contributed by atoms with E-state index in [2.05, 4.69) is 100 Å². The first-order chi connectivity index (χ1) is 15.0. The fraction of sp³-hybridized carbons (Fsp3) is 0.333. The second kappa shape index (κ2) is 9.49. The normalized spacial score (nSPS) is 12.9. The van der Waals surface area contributed by atoms with Gasteiger partial charge in [-0.3, -0.25) is 9.88 Å². The summed E-state index contributed by atoms with van der Waals surface area (Å²) in [6.07, 6.45) is 4.68. The Balaban J connectivity index is 1.75. The molecular formula is C24H28N6S. The van der Waals surface area contributed by atoms with Crippen LogP contribution < -0.4 is 0 Å². The summed E-state index contributed by atoms with van der Waals surface area (Å²) in [6.45, 7) is 8.07. The van der Waals surface area contributed by atoms with E-state index in [4.69, 9.17) is 0 Å². The lowest BCUT2D eigenvalue weighted by Gasteiger charge is -2.32. The first-order valence-corrected chi connectivity index (χ1v) is 11.4. The topological polar surface area (TPSA) is 59.7 Å². The summed E-state index contributed by atoms with van der Waals surface area (Å²) in [5, 5.41) is 15.0. The molecule has 6 nitrogen and oxygen atoms in total. The predicted octanol–water partition coefficient (Wildman–Crippen LogP) is 4.72. The third kappa shape index (κ3) is 5.24. The summed E-state index contributed by atoms with van der Waals surface area (Å²) in [7, 11) is 0. The lowest BCUT2D eigenvalue weighted by atomic mass is 10.0. The minimum atomic E-state index is -0.229. The van der Waals surface area contributed by atoms with Gasteiger partial charge in [0, 0.05) is 30.4 Å². The molecule has 4 aromatic rings. The van der Waals surface area contributed by atoms with Gasteiger partial charge in [-0.05, 0) is 66.3 Å². The van der Waals surface area contributed by atoms with Gasteiger partial charge in [0.2, 0.25) is 0 Å². The fourth-order valence-electron chi connectivity index (χ4n) is 3.72. The van der Waals surface area contributed by atoms with Crippen molar-refractivity contribution in [3.8, 4) is 0 Å². The summed E-state index contributed by atoms with van der Waals surface area (Å²) >= 11 is 1.78. The van der Waals surface area contributed by atoms with Crippen molar-refractivity contribution in [2.75, 3.05) is 6.54 Å². The van der Waals surface area contributed by atoms with Crippen LogP contribution in [-0.2, 0) is 18.5 Å². The molecular weight excluding hydrogens is 404 g/mol. The Morgan fingerprint density at radius 2 is 1.87 bits per heavy atom. The van der Waals surface area contributed by atoms with E-state index in [1.54, 1.807) is 17.5 Å². The van der Waals surface area contributed by atoms with Gasteiger partial charge < -0.3 is 0 Å². The summed E-state index contributed by atoms with van der Waals surface area (Å²) < 4.78 is 1.94. The summed E-state index contributed by atoms with van der Waals surface area (Å²) in [6, 6.07) is 18.9. The minimum absolute atomic E-state index is 0.103. The first-order valence-electron chi connectivity index (χ1n) is 10.5. The summed E-state index contributed by atoms with van der Waals surface area (Å²) in [5.74, 6) is 0.838. The number of aromatic nitrogens is 5. The molecule has 1 atom stereocenters.